The Bertz CT molecular complexity index is 1200. The predicted molar refractivity (Wildman–Crippen MR) is 111 cm³/mol. The van der Waals surface area contributed by atoms with E-state index in [0.717, 1.165) is 16.9 Å². The molecule has 0 spiro atoms. The van der Waals surface area contributed by atoms with E-state index in [1.165, 1.54) is 6.92 Å². The van der Waals surface area contributed by atoms with Crippen molar-refractivity contribution in [2.45, 2.75) is 6.92 Å². The third-order valence-corrected chi connectivity index (χ3v) is 4.61. The van der Waals surface area contributed by atoms with Gasteiger partial charge in [0.2, 0.25) is 0 Å². The molecule has 28 heavy (non-hydrogen) atoms. The second-order valence-electron chi connectivity index (χ2n) is 6.47. The second-order valence-corrected chi connectivity index (χ2v) is 6.47. The van der Waals surface area contributed by atoms with E-state index in [2.05, 4.69) is 4.98 Å². The molecule has 0 aliphatic carbocycles. The number of pyridine rings is 2. The van der Waals surface area contributed by atoms with E-state index in [1.807, 2.05) is 66.7 Å². The van der Waals surface area contributed by atoms with Gasteiger partial charge in [0.1, 0.15) is 0 Å². The van der Waals surface area contributed by atoms with Gasteiger partial charge in [-0.05, 0) is 42.8 Å². The maximum Gasteiger partial charge on any atom is 0.263 e. The van der Waals surface area contributed by atoms with Gasteiger partial charge >= 0.3 is 0 Å². The first kappa shape index (κ1) is 17.6. The summed E-state index contributed by atoms with van der Waals surface area (Å²) in [5.41, 5.74) is 3.76. The fraction of sp³-hybridized carbons (Fsp3) is 0.0417. The molecule has 4 aromatic rings. The third kappa shape index (κ3) is 3.28. The first-order valence-electron chi connectivity index (χ1n) is 8.99. The molecular weight excluding hydrogens is 348 g/mol. The molecule has 2 heterocycles. The van der Waals surface area contributed by atoms with Gasteiger partial charge in [-0.15, -0.1) is 0 Å². The smallest absolute Gasteiger partial charge is 0.263 e. The molecule has 0 N–H and O–H groups in total. The SMILES string of the molecule is CC(=O)c1ccccc1-c1cc(-c2ccccn2)cn(-c2ccccc2)c1=O. The van der Waals surface area contributed by atoms with Gasteiger partial charge in [-0.3, -0.25) is 19.1 Å². The summed E-state index contributed by atoms with van der Waals surface area (Å²) in [5, 5.41) is 0. The number of benzene rings is 2. The Hall–Kier alpha value is -3.79. The molecule has 2 aromatic heterocycles. The molecule has 2 aromatic carbocycles. The highest BCUT2D eigenvalue weighted by Crippen LogP contribution is 2.26. The number of rotatable bonds is 4. The average molecular weight is 366 g/mol. The van der Waals surface area contributed by atoms with Gasteiger partial charge in [0, 0.05) is 34.8 Å². The fourth-order valence-corrected chi connectivity index (χ4v) is 3.25. The van der Waals surface area contributed by atoms with Gasteiger partial charge in [-0.1, -0.05) is 48.5 Å². The van der Waals surface area contributed by atoms with Crippen LogP contribution in [-0.2, 0) is 0 Å². The molecule has 136 valence electrons. The topological polar surface area (TPSA) is 52.0 Å². The first-order chi connectivity index (χ1) is 13.6. The molecule has 0 saturated carbocycles. The van der Waals surface area contributed by atoms with Crippen molar-refractivity contribution in [3.05, 3.63) is 107 Å². The minimum Gasteiger partial charge on any atom is -0.294 e. The summed E-state index contributed by atoms with van der Waals surface area (Å²) in [6, 6.07) is 24.1. The van der Waals surface area contributed by atoms with Crippen molar-refractivity contribution in [2.24, 2.45) is 0 Å². The Morgan fingerprint density at radius 1 is 0.857 bits per heavy atom. The minimum atomic E-state index is -0.181. The Morgan fingerprint density at radius 2 is 1.57 bits per heavy atom. The van der Waals surface area contributed by atoms with E-state index >= 15 is 0 Å². The molecule has 0 saturated heterocycles. The molecule has 0 aliphatic heterocycles. The summed E-state index contributed by atoms with van der Waals surface area (Å²) in [6.45, 7) is 1.51. The van der Waals surface area contributed by atoms with Gasteiger partial charge in [-0.2, -0.15) is 0 Å². The number of Topliss-reactive ketones (excluding diaryl/α,β-unsaturated/α-hetero) is 1. The molecule has 4 rings (SSSR count). The molecule has 0 unspecified atom stereocenters. The van der Waals surface area contributed by atoms with E-state index in [1.54, 1.807) is 29.1 Å². The van der Waals surface area contributed by atoms with Crippen LogP contribution in [0.5, 0.6) is 0 Å². The quantitative estimate of drug-likeness (QED) is 0.489. The fourth-order valence-electron chi connectivity index (χ4n) is 3.25. The van der Waals surface area contributed by atoms with Gasteiger partial charge in [0.05, 0.1) is 5.69 Å². The largest absolute Gasteiger partial charge is 0.294 e. The highest BCUT2D eigenvalue weighted by Gasteiger charge is 2.16. The lowest BCUT2D eigenvalue weighted by atomic mass is 9.97. The molecule has 4 nitrogen and oxygen atoms in total. The van der Waals surface area contributed by atoms with Crippen LogP contribution in [0, 0.1) is 0 Å². The summed E-state index contributed by atoms with van der Waals surface area (Å²) in [6.07, 6.45) is 3.51. The van der Waals surface area contributed by atoms with Crippen LogP contribution >= 0.6 is 0 Å². The second kappa shape index (κ2) is 7.45. The van der Waals surface area contributed by atoms with Crippen LogP contribution in [0.1, 0.15) is 17.3 Å². The maximum absolute atomic E-state index is 13.4. The Kier molecular flexibility index (Phi) is 4.68. The molecular formula is C24H18N2O2. The van der Waals surface area contributed by atoms with Crippen molar-refractivity contribution >= 4 is 5.78 Å². The Labute approximate surface area is 162 Å². The number of hydrogen-bond donors (Lipinski definition) is 0. The van der Waals surface area contributed by atoms with Crippen molar-refractivity contribution in [3.8, 4) is 28.1 Å². The zero-order valence-electron chi connectivity index (χ0n) is 15.4. The van der Waals surface area contributed by atoms with Crippen molar-refractivity contribution < 1.29 is 4.79 Å². The predicted octanol–water partition coefficient (Wildman–Crippen LogP) is 4.77. The van der Waals surface area contributed by atoms with E-state index in [0.29, 0.717) is 16.7 Å². The first-order valence-corrected chi connectivity index (χ1v) is 8.99. The summed E-state index contributed by atoms with van der Waals surface area (Å²) < 4.78 is 1.61. The number of ketones is 1. The van der Waals surface area contributed by atoms with Crippen LogP contribution in [-0.4, -0.2) is 15.3 Å². The number of nitrogens with zero attached hydrogens (tertiary/aromatic N) is 2. The number of carbonyl (C=O) groups excluding carboxylic acids is 1. The number of aromatic nitrogens is 2. The van der Waals surface area contributed by atoms with Crippen LogP contribution in [0.15, 0.2) is 96.1 Å². The lowest BCUT2D eigenvalue weighted by Gasteiger charge is -2.13. The van der Waals surface area contributed by atoms with Gasteiger partial charge in [0.15, 0.2) is 5.78 Å². The maximum atomic E-state index is 13.4. The number of para-hydroxylation sites is 1. The van der Waals surface area contributed by atoms with Crippen LogP contribution in [0.2, 0.25) is 0 Å². The Balaban J connectivity index is 2.04. The molecule has 0 bridgehead atoms. The Morgan fingerprint density at radius 3 is 2.29 bits per heavy atom. The van der Waals surface area contributed by atoms with Crippen LogP contribution < -0.4 is 5.56 Å². The average Bonchev–Trinajstić information content (AvgIpc) is 2.75. The highest BCUT2D eigenvalue weighted by atomic mass is 16.1. The molecule has 0 radical (unpaired) electrons. The third-order valence-electron chi connectivity index (χ3n) is 4.61. The van der Waals surface area contributed by atoms with E-state index in [4.69, 9.17) is 0 Å². The molecule has 0 atom stereocenters. The molecule has 0 aliphatic rings. The van der Waals surface area contributed by atoms with Gasteiger partial charge < -0.3 is 0 Å². The standard InChI is InChI=1S/C24H18N2O2/c1-17(27)20-11-5-6-12-21(20)22-15-18(23-13-7-8-14-25-23)16-26(24(22)28)19-9-3-2-4-10-19/h2-16H,1H3. The van der Waals surface area contributed by atoms with E-state index in [-0.39, 0.29) is 11.3 Å². The van der Waals surface area contributed by atoms with Crippen molar-refractivity contribution in [1.82, 2.24) is 9.55 Å². The van der Waals surface area contributed by atoms with Crippen molar-refractivity contribution in [2.75, 3.05) is 0 Å². The monoisotopic (exact) mass is 366 g/mol. The lowest BCUT2D eigenvalue weighted by Crippen LogP contribution is -2.20. The number of carbonyl (C=O) groups is 1. The summed E-state index contributed by atoms with van der Waals surface area (Å²) >= 11 is 0. The van der Waals surface area contributed by atoms with E-state index < -0.39 is 0 Å². The van der Waals surface area contributed by atoms with Crippen LogP contribution in [0.4, 0.5) is 0 Å². The van der Waals surface area contributed by atoms with E-state index in [9.17, 15) is 9.59 Å². The van der Waals surface area contributed by atoms with Gasteiger partial charge in [0.25, 0.3) is 5.56 Å². The van der Waals surface area contributed by atoms with Crippen LogP contribution in [0.25, 0.3) is 28.1 Å². The van der Waals surface area contributed by atoms with Crippen molar-refractivity contribution in [1.29, 1.82) is 0 Å². The summed E-state index contributed by atoms with van der Waals surface area (Å²) in [4.78, 5) is 29.9. The normalized spacial score (nSPS) is 10.6. The lowest BCUT2D eigenvalue weighted by molar-refractivity contribution is 0.101. The summed E-state index contributed by atoms with van der Waals surface area (Å²) in [5.74, 6) is -0.0792. The van der Waals surface area contributed by atoms with Gasteiger partial charge in [-0.25, -0.2) is 0 Å². The van der Waals surface area contributed by atoms with Crippen LogP contribution in [0.3, 0.4) is 0 Å². The zero-order valence-corrected chi connectivity index (χ0v) is 15.4. The highest BCUT2D eigenvalue weighted by molar-refractivity contribution is 6.01. The van der Waals surface area contributed by atoms with Crippen molar-refractivity contribution in [3.63, 3.8) is 0 Å². The molecule has 0 fully saturated rings. The molecule has 4 heteroatoms. The summed E-state index contributed by atoms with van der Waals surface area (Å²) in [7, 11) is 0. The molecule has 0 amide bonds. The number of hydrogen-bond acceptors (Lipinski definition) is 3. The minimum absolute atomic E-state index is 0.0792. The zero-order chi connectivity index (χ0) is 19.5.